The van der Waals surface area contributed by atoms with Crippen molar-refractivity contribution < 1.29 is 33.4 Å². The van der Waals surface area contributed by atoms with Crippen LogP contribution in [0, 0.1) is 12.8 Å². The van der Waals surface area contributed by atoms with Crippen LogP contribution in [0.5, 0.6) is 0 Å². The Labute approximate surface area is 280 Å². The summed E-state index contributed by atoms with van der Waals surface area (Å²) in [6, 6.07) is 11.9. The molecule has 3 aromatic rings. The SMILES string of the molecule is Cc1nc(CN(C)C(=O)N[C@H](C(=O)N[C@@H](Cc2ccccc2)[C@H](O)CN(CC(C)C)S(=O)(=O)c2ccc(C=NO)cc2)[C@@H](C)O)cs1. The molecule has 0 saturated carbocycles. The Morgan fingerprint density at radius 1 is 1.02 bits per heavy atom. The number of rotatable bonds is 16. The van der Waals surface area contributed by atoms with Gasteiger partial charge in [0.15, 0.2) is 0 Å². The molecule has 256 valence electrons. The molecule has 0 spiro atoms. The van der Waals surface area contributed by atoms with Crippen molar-refractivity contribution in [1.82, 2.24) is 24.8 Å². The molecule has 5 N–H and O–H groups in total. The maximum atomic E-state index is 13.7. The van der Waals surface area contributed by atoms with Crippen LogP contribution in [-0.2, 0) is 27.8 Å². The summed E-state index contributed by atoms with van der Waals surface area (Å²) in [5.41, 5.74) is 1.95. The van der Waals surface area contributed by atoms with Gasteiger partial charge in [0.25, 0.3) is 0 Å². The van der Waals surface area contributed by atoms with Crippen molar-refractivity contribution in [3.05, 3.63) is 81.8 Å². The zero-order valence-corrected chi connectivity index (χ0v) is 28.8. The molecule has 4 atom stereocenters. The van der Waals surface area contributed by atoms with Gasteiger partial charge in [-0.1, -0.05) is 61.5 Å². The van der Waals surface area contributed by atoms with E-state index in [9.17, 15) is 28.2 Å². The molecule has 3 rings (SSSR count). The van der Waals surface area contributed by atoms with E-state index in [0.717, 1.165) is 10.6 Å². The van der Waals surface area contributed by atoms with Crippen LogP contribution in [-0.4, -0.2) is 101 Å². The predicted octanol–water partition coefficient (Wildman–Crippen LogP) is 2.59. The monoisotopic (exact) mass is 688 g/mol. The van der Waals surface area contributed by atoms with E-state index in [-0.39, 0.29) is 36.9 Å². The molecular formula is C32H44N6O7S2. The number of benzene rings is 2. The first-order valence-electron chi connectivity index (χ1n) is 15.1. The second kappa shape index (κ2) is 17.3. The minimum absolute atomic E-state index is 0.0158. The number of nitrogens with one attached hydrogen (secondary N) is 2. The molecule has 13 nitrogen and oxygen atoms in total. The van der Waals surface area contributed by atoms with Crippen LogP contribution in [0.4, 0.5) is 4.79 Å². The first-order valence-corrected chi connectivity index (χ1v) is 17.4. The number of amides is 3. The number of aliphatic hydroxyl groups excluding tert-OH is 2. The van der Waals surface area contributed by atoms with Crippen molar-refractivity contribution in [1.29, 1.82) is 0 Å². The Balaban J connectivity index is 1.84. The topological polar surface area (TPSA) is 185 Å². The number of oxime groups is 1. The van der Waals surface area contributed by atoms with E-state index in [4.69, 9.17) is 5.21 Å². The van der Waals surface area contributed by atoms with Crippen molar-refractivity contribution in [3.63, 3.8) is 0 Å². The molecule has 0 aliphatic rings. The Morgan fingerprint density at radius 2 is 1.68 bits per heavy atom. The highest BCUT2D eigenvalue weighted by Gasteiger charge is 2.34. The largest absolute Gasteiger partial charge is 0.411 e. The van der Waals surface area contributed by atoms with Gasteiger partial charge < -0.3 is 31.0 Å². The van der Waals surface area contributed by atoms with Crippen LogP contribution in [0.1, 0.15) is 42.6 Å². The number of thiazole rings is 1. The number of hydrogen-bond donors (Lipinski definition) is 5. The van der Waals surface area contributed by atoms with Gasteiger partial charge in [0.1, 0.15) is 6.04 Å². The van der Waals surface area contributed by atoms with Crippen molar-refractivity contribution in [2.75, 3.05) is 20.1 Å². The van der Waals surface area contributed by atoms with E-state index in [0.29, 0.717) is 11.3 Å². The van der Waals surface area contributed by atoms with Gasteiger partial charge in [-0.15, -0.1) is 11.3 Å². The van der Waals surface area contributed by atoms with Gasteiger partial charge in [-0.25, -0.2) is 18.2 Å². The van der Waals surface area contributed by atoms with E-state index in [2.05, 4.69) is 20.8 Å². The van der Waals surface area contributed by atoms with Gasteiger partial charge in [-0.3, -0.25) is 4.79 Å². The molecule has 0 bridgehead atoms. The maximum Gasteiger partial charge on any atom is 0.318 e. The van der Waals surface area contributed by atoms with E-state index >= 15 is 0 Å². The Bertz CT molecular complexity index is 1580. The summed E-state index contributed by atoms with van der Waals surface area (Å²) in [7, 11) is -2.55. The Kier molecular flexibility index (Phi) is 13.8. The molecule has 1 heterocycles. The third-order valence-electron chi connectivity index (χ3n) is 7.23. The number of aliphatic hydroxyl groups is 2. The minimum atomic E-state index is -4.09. The lowest BCUT2D eigenvalue weighted by Crippen LogP contribution is -2.59. The van der Waals surface area contributed by atoms with Crippen LogP contribution in [0.2, 0.25) is 0 Å². The summed E-state index contributed by atoms with van der Waals surface area (Å²) in [6.45, 7) is 6.85. The average molecular weight is 689 g/mol. The van der Waals surface area contributed by atoms with Gasteiger partial charge in [-0.05, 0) is 49.4 Å². The second-order valence-corrected chi connectivity index (χ2v) is 14.8. The molecule has 3 amide bonds. The van der Waals surface area contributed by atoms with Crippen LogP contribution >= 0.6 is 11.3 Å². The van der Waals surface area contributed by atoms with Gasteiger partial charge in [0, 0.05) is 25.5 Å². The number of urea groups is 1. The normalized spacial score (nSPS) is 14.6. The summed E-state index contributed by atoms with van der Waals surface area (Å²) < 4.78 is 28.7. The lowest BCUT2D eigenvalue weighted by Gasteiger charge is -2.32. The second-order valence-electron chi connectivity index (χ2n) is 11.8. The van der Waals surface area contributed by atoms with E-state index in [1.54, 1.807) is 19.2 Å². The van der Waals surface area contributed by atoms with Gasteiger partial charge in [-0.2, -0.15) is 4.31 Å². The van der Waals surface area contributed by atoms with Gasteiger partial charge >= 0.3 is 6.03 Å². The quantitative estimate of drug-likeness (QED) is 0.0864. The summed E-state index contributed by atoms with van der Waals surface area (Å²) in [5.74, 6) is -0.842. The Morgan fingerprint density at radius 3 is 2.23 bits per heavy atom. The summed E-state index contributed by atoms with van der Waals surface area (Å²) in [5, 5.41) is 41.8. The van der Waals surface area contributed by atoms with Gasteiger partial charge in [0.05, 0.1) is 46.6 Å². The van der Waals surface area contributed by atoms with Crippen LogP contribution < -0.4 is 10.6 Å². The molecule has 2 aromatic carbocycles. The zero-order chi connectivity index (χ0) is 34.7. The molecule has 1 aromatic heterocycles. The lowest BCUT2D eigenvalue weighted by molar-refractivity contribution is -0.127. The van der Waals surface area contributed by atoms with Crippen molar-refractivity contribution in [3.8, 4) is 0 Å². The highest BCUT2D eigenvalue weighted by atomic mass is 32.2. The number of hydrogen-bond acceptors (Lipinski definition) is 10. The average Bonchev–Trinajstić information content (AvgIpc) is 3.43. The summed E-state index contributed by atoms with van der Waals surface area (Å²) >= 11 is 1.45. The fraction of sp³-hybridized carbons (Fsp3) is 0.438. The third kappa shape index (κ3) is 11.1. The van der Waals surface area contributed by atoms with E-state index < -0.39 is 46.3 Å². The predicted molar refractivity (Wildman–Crippen MR) is 180 cm³/mol. The molecule has 0 radical (unpaired) electrons. The number of aromatic nitrogens is 1. The zero-order valence-electron chi connectivity index (χ0n) is 27.1. The summed E-state index contributed by atoms with van der Waals surface area (Å²) in [6.07, 6.45) is -1.36. The Hall–Kier alpha value is -3.89. The van der Waals surface area contributed by atoms with Gasteiger partial charge in [0.2, 0.25) is 15.9 Å². The molecule has 0 fully saturated rings. The number of sulfonamides is 1. The highest BCUT2D eigenvalue weighted by Crippen LogP contribution is 2.20. The maximum absolute atomic E-state index is 13.7. The first kappa shape index (κ1) is 37.6. The number of nitrogens with zero attached hydrogens (tertiary/aromatic N) is 4. The van der Waals surface area contributed by atoms with Crippen LogP contribution in [0.3, 0.4) is 0 Å². The van der Waals surface area contributed by atoms with Crippen LogP contribution in [0.25, 0.3) is 0 Å². The van der Waals surface area contributed by atoms with Crippen LogP contribution in [0.15, 0.2) is 70.0 Å². The van der Waals surface area contributed by atoms with Crippen molar-refractivity contribution in [2.24, 2.45) is 11.1 Å². The molecule has 0 saturated heterocycles. The fourth-order valence-electron chi connectivity index (χ4n) is 4.82. The summed E-state index contributed by atoms with van der Waals surface area (Å²) in [4.78, 5) is 32.3. The number of aryl methyl sites for hydroxylation is 1. The minimum Gasteiger partial charge on any atom is -0.411 e. The molecule has 15 heteroatoms. The molecule has 0 aliphatic heterocycles. The molecule has 0 unspecified atom stereocenters. The molecular weight excluding hydrogens is 645 g/mol. The highest BCUT2D eigenvalue weighted by molar-refractivity contribution is 7.89. The van der Waals surface area contributed by atoms with Crippen molar-refractivity contribution in [2.45, 2.75) is 69.8 Å². The standard InChI is InChI=1S/C32H44N6O7S2/c1-21(2)17-38(47(44,45)27-13-11-25(12-14-27)16-33-43)19-29(40)28(15-24-9-7-6-8-10-24)35-31(41)30(22(3)39)36-32(42)37(5)18-26-20-46-23(4)34-26/h6-14,16,20-22,28-30,39-40,43H,15,17-19H2,1-5H3,(H,35,41)(H,36,42)/t22-,28+,29-,30+/m1/s1. The first-order chi connectivity index (χ1) is 22.2. The number of carbonyl (C=O) groups is 2. The smallest absolute Gasteiger partial charge is 0.318 e. The third-order valence-corrected chi connectivity index (χ3v) is 9.90. The molecule has 0 aliphatic carbocycles. The molecule has 47 heavy (non-hydrogen) atoms. The fourth-order valence-corrected chi connectivity index (χ4v) is 7.05. The lowest BCUT2D eigenvalue weighted by atomic mass is 10.00. The number of carbonyl (C=O) groups excluding carboxylic acids is 2. The van der Waals surface area contributed by atoms with Crippen molar-refractivity contribution >= 4 is 39.5 Å². The van der Waals surface area contributed by atoms with E-state index in [1.807, 2.05) is 44.4 Å². The van der Waals surface area contributed by atoms with E-state index in [1.165, 1.54) is 57.9 Å².